The lowest BCUT2D eigenvalue weighted by molar-refractivity contribution is -0.122. The molecule has 0 saturated heterocycles. The summed E-state index contributed by atoms with van der Waals surface area (Å²) in [6.07, 6.45) is 4.79. The van der Waals surface area contributed by atoms with Gasteiger partial charge in [0.25, 0.3) is 0 Å². The molecule has 1 heterocycles. The number of anilines is 1. The normalized spacial score (nSPS) is 28.6. The van der Waals surface area contributed by atoms with Gasteiger partial charge in [-0.3, -0.25) is 4.79 Å². The Kier molecular flexibility index (Phi) is 3.95. The molecule has 0 radical (unpaired) electrons. The molecule has 1 fully saturated rings. The Morgan fingerprint density at radius 2 is 2.15 bits per heavy atom. The Morgan fingerprint density at radius 3 is 2.95 bits per heavy atom. The third-order valence-electron chi connectivity index (χ3n) is 4.98. The summed E-state index contributed by atoms with van der Waals surface area (Å²) in [7, 11) is 0. The molecule has 1 aromatic carbocycles. The number of para-hydroxylation sites is 1. The lowest BCUT2D eigenvalue weighted by Crippen LogP contribution is -2.36. The molecule has 3 nitrogen and oxygen atoms in total. The van der Waals surface area contributed by atoms with Crippen LogP contribution in [0, 0.1) is 11.8 Å². The molecule has 2 N–H and O–H groups in total. The van der Waals surface area contributed by atoms with Crippen LogP contribution in [0.2, 0.25) is 0 Å². The summed E-state index contributed by atoms with van der Waals surface area (Å²) in [5.41, 5.74) is 2.27. The van der Waals surface area contributed by atoms with Crippen LogP contribution in [-0.4, -0.2) is 19.0 Å². The van der Waals surface area contributed by atoms with E-state index >= 15 is 0 Å². The maximum absolute atomic E-state index is 12.5. The first-order chi connectivity index (χ1) is 9.75. The van der Waals surface area contributed by atoms with E-state index in [0.717, 1.165) is 36.7 Å². The predicted molar refractivity (Wildman–Crippen MR) is 81.8 cm³/mol. The van der Waals surface area contributed by atoms with Crippen molar-refractivity contribution >= 4 is 11.6 Å². The van der Waals surface area contributed by atoms with Gasteiger partial charge in [-0.15, -0.1) is 0 Å². The van der Waals surface area contributed by atoms with Crippen molar-refractivity contribution in [2.75, 3.05) is 18.4 Å². The van der Waals surface area contributed by atoms with E-state index < -0.39 is 0 Å². The third kappa shape index (κ3) is 2.67. The molecule has 20 heavy (non-hydrogen) atoms. The molecular formula is C17H24N2O. The van der Waals surface area contributed by atoms with Gasteiger partial charge in [0.2, 0.25) is 5.91 Å². The Balaban J connectivity index is 1.63. The summed E-state index contributed by atoms with van der Waals surface area (Å²) in [5, 5.41) is 6.57. The van der Waals surface area contributed by atoms with Gasteiger partial charge in [0.15, 0.2) is 0 Å². The summed E-state index contributed by atoms with van der Waals surface area (Å²) in [4.78, 5) is 12.5. The van der Waals surface area contributed by atoms with Gasteiger partial charge >= 0.3 is 0 Å². The van der Waals surface area contributed by atoms with Gasteiger partial charge in [0, 0.05) is 18.8 Å². The predicted octanol–water partition coefficient (Wildman–Crippen LogP) is 3.14. The number of benzene rings is 1. The van der Waals surface area contributed by atoms with Crippen LogP contribution in [0.3, 0.4) is 0 Å². The fourth-order valence-corrected chi connectivity index (χ4v) is 3.62. The summed E-state index contributed by atoms with van der Waals surface area (Å²) in [6, 6.07) is 8.18. The fraction of sp³-hybridized carbons (Fsp3) is 0.588. The second-order valence-electron chi connectivity index (χ2n) is 6.27. The summed E-state index contributed by atoms with van der Waals surface area (Å²) in [5.74, 6) is 1.66. The van der Waals surface area contributed by atoms with Crippen LogP contribution in [0.15, 0.2) is 24.3 Å². The van der Waals surface area contributed by atoms with E-state index in [1.54, 1.807) is 0 Å². The highest BCUT2D eigenvalue weighted by molar-refractivity contribution is 5.86. The van der Waals surface area contributed by atoms with Gasteiger partial charge in [-0.25, -0.2) is 0 Å². The van der Waals surface area contributed by atoms with Gasteiger partial charge in [-0.1, -0.05) is 38.0 Å². The fourth-order valence-electron chi connectivity index (χ4n) is 3.62. The average molecular weight is 272 g/mol. The number of amides is 1. The van der Waals surface area contributed by atoms with Gasteiger partial charge in [0.1, 0.15) is 0 Å². The molecular weight excluding hydrogens is 248 g/mol. The summed E-state index contributed by atoms with van der Waals surface area (Å²) < 4.78 is 0. The molecule has 1 amide bonds. The van der Waals surface area contributed by atoms with E-state index in [-0.39, 0.29) is 11.8 Å². The van der Waals surface area contributed by atoms with E-state index in [1.165, 1.54) is 19.3 Å². The highest BCUT2D eigenvalue weighted by Gasteiger charge is 2.28. The molecule has 3 heteroatoms. The first kappa shape index (κ1) is 13.5. The zero-order valence-corrected chi connectivity index (χ0v) is 12.2. The van der Waals surface area contributed by atoms with Crippen LogP contribution < -0.4 is 10.6 Å². The molecule has 0 bridgehead atoms. The monoisotopic (exact) mass is 272 g/mol. The molecule has 108 valence electrons. The van der Waals surface area contributed by atoms with Crippen molar-refractivity contribution in [2.24, 2.45) is 11.8 Å². The number of hydrogen-bond donors (Lipinski definition) is 2. The van der Waals surface area contributed by atoms with Gasteiger partial charge in [-0.05, 0) is 36.3 Å². The second-order valence-corrected chi connectivity index (χ2v) is 6.27. The van der Waals surface area contributed by atoms with E-state index in [9.17, 15) is 4.79 Å². The smallest absolute Gasteiger partial charge is 0.227 e. The van der Waals surface area contributed by atoms with Crippen LogP contribution in [-0.2, 0) is 4.79 Å². The van der Waals surface area contributed by atoms with E-state index in [2.05, 4.69) is 29.7 Å². The zero-order valence-electron chi connectivity index (χ0n) is 12.2. The van der Waals surface area contributed by atoms with Crippen molar-refractivity contribution in [3.8, 4) is 0 Å². The van der Waals surface area contributed by atoms with Crippen LogP contribution in [0.4, 0.5) is 5.69 Å². The Morgan fingerprint density at radius 1 is 1.30 bits per heavy atom. The molecule has 0 spiro atoms. The number of hydrogen-bond acceptors (Lipinski definition) is 2. The quantitative estimate of drug-likeness (QED) is 0.887. The Bertz CT molecular complexity index is 486. The number of carbonyl (C=O) groups excluding carboxylic acids is 1. The Hall–Kier alpha value is -1.51. The van der Waals surface area contributed by atoms with Crippen LogP contribution in [0.1, 0.15) is 44.1 Å². The van der Waals surface area contributed by atoms with Gasteiger partial charge in [0.05, 0.1) is 5.92 Å². The van der Waals surface area contributed by atoms with E-state index in [4.69, 9.17) is 0 Å². The van der Waals surface area contributed by atoms with Crippen molar-refractivity contribution in [1.82, 2.24) is 5.32 Å². The summed E-state index contributed by atoms with van der Waals surface area (Å²) in [6.45, 7) is 4.05. The zero-order chi connectivity index (χ0) is 13.9. The van der Waals surface area contributed by atoms with Crippen LogP contribution in [0.25, 0.3) is 0 Å². The number of carbonyl (C=O) groups is 1. The molecule has 1 aliphatic carbocycles. The lowest BCUT2D eigenvalue weighted by atomic mass is 9.90. The molecule has 0 aromatic heterocycles. The standard InChI is InChI=1S/C17H24N2O/c1-12-5-4-6-13(12)11-19-17(20)15-9-10-18-16-8-3-2-7-14(15)16/h2-3,7-8,12-13,15,18H,4-6,9-11H2,1H3,(H,19,20). The number of rotatable bonds is 3. The minimum atomic E-state index is 0.0177. The highest BCUT2D eigenvalue weighted by atomic mass is 16.1. The molecule has 2 aliphatic rings. The average Bonchev–Trinajstić information content (AvgIpc) is 2.89. The van der Waals surface area contributed by atoms with Crippen molar-refractivity contribution in [1.29, 1.82) is 0 Å². The van der Waals surface area contributed by atoms with E-state index in [1.807, 2.05) is 12.1 Å². The number of nitrogens with one attached hydrogen (secondary N) is 2. The minimum Gasteiger partial charge on any atom is -0.385 e. The molecule has 1 aliphatic heterocycles. The van der Waals surface area contributed by atoms with Crippen molar-refractivity contribution in [2.45, 2.75) is 38.5 Å². The number of fused-ring (bicyclic) bond motifs is 1. The first-order valence-corrected chi connectivity index (χ1v) is 7.86. The molecule has 3 unspecified atom stereocenters. The second kappa shape index (κ2) is 5.86. The van der Waals surface area contributed by atoms with Crippen molar-refractivity contribution < 1.29 is 4.79 Å². The maximum Gasteiger partial charge on any atom is 0.227 e. The lowest BCUT2D eigenvalue weighted by Gasteiger charge is -2.26. The maximum atomic E-state index is 12.5. The molecule has 1 aromatic rings. The van der Waals surface area contributed by atoms with Crippen molar-refractivity contribution in [3.63, 3.8) is 0 Å². The molecule has 1 saturated carbocycles. The summed E-state index contributed by atoms with van der Waals surface area (Å²) >= 11 is 0. The first-order valence-electron chi connectivity index (χ1n) is 7.86. The van der Waals surface area contributed by atoms with Crippen LogP contribution in [0.5, 0.6) is 0 Å². The topological polar surface area (TPSA) is 41.1 Å². The molecule has 3 rings (SSSR count). The van der Waals surface area contributed by atoms with Crippen LogP contribution >= 0.6 is 0 Å². The van der Waals surface area contributed by atoms with Gasteiger partial charge < -0.3 is 10.6 Å². The Labute approximate surface area is 121 Å². The van der Waals surface area contributed by atoms with Gasteiger partial charge in [-0.2, -0.15) is 0 Å². The third-order valence-corrected chi connectivity index (χ3v) is 4.98. The largest absolute Gasteiger partial charge is 0.385 e. The highest BCUT2D eigenvalue weighted by Crippen LogP contribution is 2.33. The van der Waals surface area contributed by atoms with E-state index in [0.29, 0.717) is 5.92 Å². The van der Waals surface area contributed by atoms with Crippen molar-refractivity contribution in [3.05, 3.63) is 29.8 Å². The minimum absolute atomic E-state index is 0.0177. The SMILES string of the molecule is CC1CCCC1CNC(=O)C1CCNc2ccccc21. The molecule has 3 atom stereocenters.